The number of methoxy groups -OCH3 is 1. The number of aromatic amines is 1. The summed E-state index contributed by atoms with van der Waals surface area (Å²) >= 11 is 0. The molecular weight excluding hydrogens is 232 g/mol. The van der Waals surface area contributed by atoms with E-state index >= 15 is 0 Å². The second-order valence-electron chi connectivity index (χ2n) is 3.56. The summed E-state index contributed by atoms with van der Waals surface area (Å²) in [6.45, 7) is 1.68. The van der Waals surface area contributed by atoms with Crippen LogP contribution in [-0.4, -0.2) is 33.0 Å². The first-order chi connectivity index (χ1) is 8.72. The average molecular weight is 244 g/mol. The van der Waals surface area contributed by atoms with Gasteiger partial charge in [-0.1, -0.05) is 12.2 Å². The largest absolute Gasteiger partial charge is 0.466 e. The van der Waals surface area contributed by atoms with Gasteiger partial charge in [0.1, 0.15) is 11.8 Å². The second-order valence-corrected chi connectivity index (χ2v) is 3.56. The van der Waals surface area contributed by atoms with E-state index in [1.807, 2.05) is 0 Å². The molecule has 0 aromatic carbocycles. The van der Waals surface area contributed by atoms with Gasteiger partial charge >= 0.3 is 5.97 Å². The summed E-state index contributed by atoms with van der Waals surface area (Å²) in [5.41, 5.74) is 2.60. The Kier molecular flexibility index (Phi) is 3.47. The fourth-order valence-corrected chi connectivity index (χ4v) is 1.42. The van der Waals surface area contributed by atoms with Crippen molar-refractivity contribution in [3.63, 3.8) is 0 Å². The Hall–Kier alpha value is -2.50. The first kappa shape index (κ1) is 12.0. The first-order valence-electron chi connectivity index (χ1n) is 5.29. The standard InChI is InChI=1S/C12H12N4O2/c1-8(12(17)18-2)4-3-5-9-10-11(15-6-13-9)16-7-14-10/h3-7H,1-2H3,(H,13,14,15,16)/b5-3+,8-4+. The van der Waals surface area contributed by atoms with Crippen LogP contribution in [0.15, 0.2) is 30.4 Å². The van der Waals surface area contributed by atoms with Gasteiger partial charge in [-0.25, -0.2) is 19.7 Å². The van der Waals surface area contributed by atoms with Crippen molar-refractivity contribution in [3.8, 4) is 0 Å². The van der Waals surface area contributed by atoms with Crippen LogP contribution in [0.5, 0.6) is 0 Å². The van der Waals surface area contributed by atoms with Crippen LogP contribution in [0.1, 0.15) is 12.6 Å². The van der Waals surface area contributed by atoms with Crippen LogP contribution in [0.4, 0.5) is 0 Å². The molecule has 2 heterocycles. The zero-order chi connectivity index (χ0) is 13.0. The molecule has 2 aromatic heterocycles. The molecule has 0 aliphatic rings. The number of imidazole rings is 1. The lowest BCUT2D eigenvalue weighted by Crippen LogP contribution is -2.00. The molecule has 0 atom stereocenters. The number of esters is 1. The van der Waals surface area contributed by atoms with Gasteiger partial charge in [0, 0.05) is 5.57 Å². The maximum Gasteiger partial charge on any atom is 0.333 e. The lowest BCUT2D eigenvalue weighted by Gasteiger charge is -1.96. The molecule has 0 saturated heterocycles. The van der Waals surface area contributed by atoms with Gasteiger partial charge in [0.15, 0.2) is 5.65 Å². The number of H-pyrrole nitrogens is 1. The number of rotatable bonds is 3. The molecule has 1 N–H and O–H groups in total. The first-order valence-corrected chi connectivity index (χ1v) is 5.29. The molecule has 92 valence electrons. The number of carbonyl (C=O) groups excluding carboxylic acids is 1. The van der Waals surface area contributed by atoms with Crippen molar-refractivity contribution in [1.29, 1.82) is 0 Å². The summed E-state index contributed by atoms with van der Waals surface area (Å²) in [7, 11) is 1.35. The number of nitrogens with zero attached hydrogens (tertiary/aromatic N) is 3. The van der Waals surface area contributed by atoms with E-state index < -0.39 is 0 Å². The fraction of sp³-hybridized carbons (Fsp3) is 0.167. The molecular formula is C12H12N4O2. The maximum atomic E-state index is 11.2. The highest BCUT2D eigenvalue weighted by atomic mass is 16.5. The normalized spacial score (nSPS) is 12.2. The molecule has 6 heteroatoms. The molecule has 0 radical (unpaired) electrons. The summed E-state index contributed by atoms with van der Waals surface area (Å²) in [4.78, 5) is 26.3. The highest BCUT2D eigenvalue weighted by Gasteiger charge is 2.02. The Balaban J connectivity index is 2.24. The van der Waals surface area contributed by atoms with E-state index in [1.165, 1.54) is 13.4 Å². The molecule has 0 fully saturated rings. The maximum absolute atomic E-state index is 11.2. The summed E-state index contributed by atoms with van der Waals surface area (Å²) in [6.07, 6.45) is 8.17. The molecule has 0 saturated carbocycles. The Bertz CT molecular complexity index is 628. The highest BCUT2D eigenvalue weighted by molar-refractivity contribution is 5.88. The predicted molar refractivity (Wildman–Crippen MR) is 66.5 cm³/mol. The zero-order valence-electron chi connectivity index (χ0n) is 10.0. The van der Waals surface area contributed by atoms with E-state index in [9.17, 15) is 4.79 Å². The third kappa shape index (κ3) is 2.42. The van der Waals surface area contributed by atoms with Crippen LogP contribution >= 0.6 is 0 Å². The minimum Gasteiger partial charge on any atom is -0.466 e. The Morgan fingerprint density at radius 1 is 1.39 bits per heavy atom. The van der Waals surface area contributed by atoms with Crippen LogP contribution in [0.2, 0.25) is 0 Å². The van der Waals surface area contributed by atoms with Gasteiger partial charge in [-0.2, -0.15) is 0 Å². The quantitative estimate of drug-likeness (QED) is 0.502. The van der Waals surface area contributed by atoms with Crippen molar-refractivity contribution in [2.75, 3.05) is 7.11 Å². The van der Waals surface area contributed by atoms with Crippen LogP contribution in [0.3, 0.4) is 0 Å². The molecule has 0 amide bonds. The number of nitrogens with one attached hydrogen (secondary N) is 1. The van der Waals surface area contributed by atoms with Crippen molar-refractivity contribution < 1.29 is 9.53 Å². The van der Waals surface area contributed by atoms with Crippen LogP contribution in [0.25, 0.3) is 17.2 Å². The van der Waals surface area contributed by atoms with Gasteiger partial charge in [0.25, 0.3) is 0 Å². The molecule has 6 nitrogen and oxygen atoms in total. The minimum atomic E-state index is -0.353. The summed E-state index contributed by atoms with van der Waals surface area (Å²) in [6, 6.07) is 0. The van der Waals surface area contributed by atoms with Crippen LogP contribution in [0, 0.1) is 0 Å². The SMILES string of the molecule is COC(=O)/C(C)=C/C=C/c1ncnc2nc[nH]c12. The predicted octanol–water partition coefficient (Wildman–Crippen LogP) is 1.49. The fourth-order valence-electron chi connectivity index (χ4n) is 1.42. The molecule has 0 bridgehead atoms. The summed E-state index contributed by atoms with van der Waals surface area (Å²) in [5.74, 6) is -0.353. The molecule has 18 heavy (non-hydrogen) atoms. The monoisotopic (exact) mass is 244 g/mol. The second kappa shape index (κ2) is 5.22. The number of ether oxygens (including phenoxy) is 1. The molecule has 2 rings (SSSR count). The van der Waals surface area contributed by atoms with Crippen molar-refractivity contribution in [1.82, 2.24) is 19.9 Å². The number of hydrogen-bond acceptors (Lipinski definition) is 5. The zero-order valence-corrected chi connectivity index (χ0v) is 10.0. The van der Waals surface area contributed by atoms with E-state index in [2.05, 4.69) is 24.7 Å². The highest BCUT2D eigenvalue weighted by Crippen LogP contribution is 2.10. The van der Waals surface area contributed by atoms with E-state index in [0.717, 1.165) is 5.52 Å². The molecule has 2 aromatic rings. The van der Waals surface area contributed by atoms with E-state index in [0.29, 0.717) is 16.9 Å². The number of fused-ring (bicyclic) bond motifs is 1. The van der Waals surface area contributed by atoms with E-state index in [1.54, 1.807) is 31.5 Å². The number of allylic oxidation sites excluding steroid dienone is 2. The summed E-state index contributed by atoms with van der Waals surface area (Å²) in [5, 5.41) is 0. The van der Waals surface area contributed by atoms with Gasteiger partial charge in [-0.15, -0.1) is 0 Å². The molecule has 0 aliphatic carbocycles. The molecule has 0 spiro atoms. The lowest BCUT2D eigenvalue weighted by molar-refractivity contribution is -0.136. The number of carbonyl (C=O) groups is 1. The Morgan fingerprint density at radius 2 is 2.22 bits per heavy atom. The number of aromatic nitrogens is 4. The third-order valence-corrected chi connectivity index (χ3v) is 2.36. The number of hydrogen-bond donors (Lipinski definition) is 1. The average Bonchev–Trinajstić information content (AvgIpc) is 2.86. The van der Waals surface area contributed by atoms with Gasteiger partial charge < -0.3 is 9.72 Å². The van der Waals surface area contributed by atoms with Crippen molar-refractivity contribution in [2.24, 2.45) is 0 Å². The smallest absolute Gasteiger partial charge is 0.333 e. The van der Waals surface area contributed by atoms with Gasteiger partial charge in [0.05, 0.1) is 19.1 Å². The lowest BCUT2D eigenvalue weighted by atomic mass is 10.2. The van der Waals surface area contributed by atoms with Gasteiger partial charge in [-0.3, -0.25) is 0 Å². The molecule has 0 unspecified atom stereocenters. The van der Waals surface area contributed by atoms with E-state index in [4.69, 9.17) is 0 Å². The van der Waals surface area contributed by atoms with Crippen molar-refractivity contribution >= 4 is 23.2 Å². The van der Waals surface area contributed by atoms with Gasteiger partial charge in [-0.05, 0) is 13.0 Å². The topological polar surface area (TPSA) is 80.8 Å². The van der Waals surface area contributed by atoms with Crippen molar-refractivity contribution in [2.45, 2.75) is 6.92 Å². The van der Waals surface area contributed by atoms with Crippen LogP contribution in [-0.2, 0) is 9.53 Å². The van der Waals surface area contributed by atoms with Crippen molar-refractivity contribution in [3.05, 3.63) is 36.1 Å². The Labute approximate surface area is 103 Å². The minimum absolute atomic E-state index is 0.353. The third-order valence-electron chi connectivity index (χ3n) is 2.36. The van der Waals surface area contributed by atoms with Gasteiger partial charge in [0.2, 0.25) is 0 Å². The summed E-state index contributed by atoms with van der Waals surface area (Å²) < 4.78 is 4.59. The van der Waals surface area contributed by atoms with Crippen LogP contribution < -0.4 is 0 Å². The van der Waals surface area contributed by atoms with E-state index in [-0.39, 0.29) is 5.97 Å². The Morgan fingerprint density at radius 3 is 3.00 bits per heavy atom. The molecule has 0 aliphatic heterocycles.